The van der Waals surface area contributed by atoms with Gasteiger partial charge >= 0.3 is 0 Å². The van der Waals surface area contributed by atoms with Crippen molar-refractivity contribution in [1.82, 2.24) is 4.98 Å². The summed E-state index contributed by atoms with van der Waals surface area (Å²) in [5.74, 6) is 0. The Balaban J connectivity index is 2.67. The molecule has 13 heavy (non-hydrogen) atoms. The van der Waals surface area contributed by atoms with Crippen molar-refractivity contribution in [2.45, 2.75) is 26.4 Å². The van der Waals surface area contributed by atoms with E-state index in [1.54, 1.807) is 18.3 Å². The van der Waals surface area contributed by atoms with Gasteiger partial charge in [0, 0.05) is 19.0 Å². The number of aliphatic hydroxyl groups excluding tert-OH is 1. The van der Waals surface area contributed by atoms with Gasteiger partial charge in [-0.25, -0.2) is 4.98 Å². The Morgan fingerprint density at radius 3 is 2.85 bits per heavy atom. The van der Waals surface area contributed by atoms with Crippen molar-refractivity contribution in [1.29, 1.82) is 0 Å². The van der Waals surface area contributed by atoms with Gasteiger partial charge in [-0.05, 0) is 13.3 Å². The molecule has 0 aromatic carbocycles. The van der Waals surface area contributed by atoms with Gasteiger partial charge in [-0.3, -0.25) is 0 Å². The third kappa shape index (κ3) is 2.67. The van der Waals surface area contributed by atoms with E-state index < -0.39 is 6.10 Å². The summed E-state index contributed by atoms with van der Waals surface area (Å²) in [6.45, 7) is 4.88. The van der Waals surface area contributed by atoms with E-state index in [0.29, 0.717) is 0 Å². The molecule has 0 aliphatic carbocycles. The Morgan fingerprint density at radius 1 is 1.69 bits per heavy atom. The molecule has 4 heteroatoms. The number of aromatic nitrogens is 1. The quantitative estimate of drug-likeness (QED) is 0.808. The molecule has 0 radical (unpaired) electrons. The van der Waals surface area contributed by atoms with Crippen molar-refractivity contribution in [2.24, 2.45) is 0 Å². The smallest absolute Gasteiger partial charge is 0.185 e. The van der Waals surface area contributed by atoms with Crippen LogP contribution in [-0.2, 0) is 0 Å². The first-order chi connectivity index (χ1) is 6.15. The Morgan fingerprint density at radius 2 is 2.38 bits per heavy atom. The number of nitrogens with zero attached hydrogens (tertiary/aromatic N) is 2. The molecule has 1 rings (SSSR count). The fourth-order valence-electron chi connectivity index (χ4n) is 1.07. The minimum absolute atomic E-state index is 0.458. The van der Waals surface area contributed by atoms with Gasteiger partial charge in [0.05, 0.1) is 11.8 Å². The number of aliphatic hydroxyl groups is 1. The molecule has 0 amide bonds. The van der Waals surface area contributed by atoms with Gasteiger partial charge in [0.1, 0.15) is 0 Å². The zero-order valence-electron chi connectivity index (χ0n) is 8.32. The van der Waals surface area contributed by atoms with Crippen molar-refractivity contribution >= 4 is 16.5 Å². The molecule has 0 fully saturated rings. The first kappa shape index (κ1) is 10.5. The van der Waals surface area contributed by atoms with Gasteiger partial charge < -0.3 is 10.0 Å². The third-order valence-corrected chi connectivity index (χ3v) is 2.80. The van der Waals surface area contributed by atoms with Gasteiger partial charge in [0.2, 0.25) is 0 Å². The average molecular weight is 200 g/mol. The lowest BCUT2D eigenvalue weighted by Gasteiger charge is -2.13. The summed E-state index contributed by atoms with van der Waals surface area (Å²) < 4.78 is 0. The van der Waals surface area contributed by atoms with Gasteiger partial charge in [-0.15, -0.1) is 11.3 Å². The van der Waals surface area contributed by atoms with Crippen LogP contribution in [0.3, 0.4) is 0 Å². The molecule has 1 aromatic heterocycles. The van der Waals surface area contributed by atoms with Crippen molar-refractivity contribution < 1.29 is 5.11 Å². The van der Waals surface area contributed by atoms with Gasteiger partial charge in [0.15, 0.2) is 5.13 Å². The second kappa shape index (κ2) is 4.58. The lowest BCUT2D eigenvalue weighted by molar-refractivity contribution is 0.195. The van der Waals surface area contributed by atoms with Crippen LogP contribution in [-0.4, -0.2) is 23.7 Å². The molecule has 0 aliphatic rings. The fourth-order valence-corrected chi connectivity index (χ4v) is 1.98. The minimum atomic E-state index is -0.458. The molecule has 3 nitrogen and oxygen atoms in total. The highest BCUT2D eigenvalue weighted by Crippen LogP contribution is 2.22. The molecule has 74 valence electrons. The first-order valence-corrected chi connectivity index (χ1v) is 5.37. The molecular formula is C9H16N2OS. The molecular weight excluding hydrogens is 184 g/mol. The minimum Gasteiger partial charge on any atom is -0.387 e. The van der Waals surface area contributed by atoms with E-state index in [-0.39, 0.29) is 0 Å². The monoisotopic (exact) mass is 200 g/mol. The van der Waals surface area contributed by atoms with Crippen LogP contribution >= 0.6 is 11.3 Å². The SMILES string of the molecule is CCCN(C)c1nc(C(C)O)cs1. The van der Waals surface area contributed by atoms with Crippen LogP contribution in [0.2, 0.25) is 0 Å². The molecule has 0 saturated heterocycles. The normalized spacial score (nSPS) is 12.9. The molecule has 0 bridgehead atoms. The summed E-state index contributed by atoms with van der Waals surface area (Å²) in [4.78, 5) is 6.43. The van der Waals surface area contributed by atoms with Crippen LogP contribution in [0.5, 0.6) is 0 Å². The maximum atomic E-state index is 9.27. The highest BCUT2D eigenvalue weighted by atomic mass is 32.1. The maximum Gasteiger partial charge on any atom is 0.185 e. The summed E-state index contributed by atoms with van der Waals surface area (Å²) in [6.07, 6.45) is 0.653. The van der Waals surface area contributed by atoms with E-state index in [1.807, 2.05) is 12.4 Å². The topological polar surface area (TPSA) is 36.4 Å². The molecule has 0 spiro atoms. The average Bonchev–Trinajstić information content (AvgIpc) is 2.52. The second-order valence-corrected chi connectivity index (χ2v) is 3.99. The van der Waals surface area contributed by atoms with Crippen molar-refractivity contribution in [3.63, 3.8) is 0 Å². The first-order valence-electron chi connectivity index (χ1n) is 4.49. The van der Waals surface area contributed by atoms with Crippen molar-refractivity contribution in [3.8, 4) is 0 Å². The van der Waals surface area contributed by atoms with Crippen LogP contribution < -0.4 is 4.90 Å². The highest BCUT2D eigenvalue weighted by molar-refractivity contribution is 7.13. The number of anilines is 1. The van der Waals surface area contributed by atoms with Crippen molar-refractivity contribution in [3.05, 3.63) is 11.1 Å². The highest BCUT2D eigenvalue weighted by Gasteiger charge is 2.08. The standard InChI is InChI=1S/C9H16N2OS/c1-4-5-11(3)9-10-8(6-13-9)7(2)12/h6-7,12H,4-5H2,1-3H3. The summed E-state index contributed by atoms with van der Waals surface area (Å²) in [7, 11) is 2.02. The van der Waals surface area contributed by atoms with E-state index in [1.165, 1.54) is 0 Å². The van der Waals surface area contributed by atoms with Gasteiger partial charge in [0.25, 0.3) is 0 Å². The molecule has 0 aliphatic heterocycles. The molecule has 1 aromatic rings. The van der Waals surface area contributed by atoms with E-state index in [4.69, 9.17) is 0 Å². The lowest BCUT2D eigenvalue weighted by Crippen LogP contribution is -2.17. The van der Waals surface area contributed by atoms with E-state index in [0.717, 1.165) is 23.8 Å². The Bertz CT molecular complexity index is 260. The predicted octanol–water partition coefficient (Wildman–Crippen LogP) is 2.04. The van der Waals surface area contributed by atoms with Crippen LogP contribution in [0.1, 0.15) is 32.1 Å². The van der Waals surface area contributed by atoms with Crippen LogP contribution in [0.4, 0.5) is 5.13 Å². The Labute approximate surface area is 83.0 Å². The Kier molecular flexibility index (Phi) is 3.69. The Hall–Kier alpha value is -0.610. The van der Waals surface area contributed by atoms with Crippen molar-refractivity contribution in [2.75, 3.05) is 18.5 Å². The summed E-state index contributed by atoms with van der Waals surface area (Å²) in [5.41, 5.74) is 0.767. The maximum absolute atomic E-state index is 9.27. The summed E-state index contributed by atoms with van der Waals surface area (Å²) in [5, 5.41) is 12.2. The van der Waals surface area contributed by atoms with Crippen LogP contribution in [0.15, 0.2) is 5.38 Å². The zero-order valence-corrected chi connectivity index (χ0v) is 9.14. The molecule has 0 saturated carbocycles. The zero-order chi connectivity index (χ0) is 9.84. The van der Waals surface area contributed by atoms with E-state index in [2.05, 4.69) is 16.8 Å². The van der Waals surface area contributed by atoms with Crippen LogP contribution in [0, 0.1) is 0 Å². The van der Waals surface area contributed by atoms with Gasteiger partial charge in [-0.1, -0.05) is 6.92 Å². The van der Waals surface area contributed by atoms with Crippen LogP contribution in [0.25, 0.3) is 0 Å². The molecule has 1 N–H and O–H groups in total. The second-order valence-electron chi connectivity index (χ2n) is 3.15. The summed E-state index contributed by atoms with van der Waals surface area (Å²) >= 11 is 1.58. The molecule has 1 unspecified atom stereocenters. The number of hydrogen-bond donors (Lipinski definition) is 1. The summed E-state index contributed by atoms with van der Waals surface area (Å²) in [6, 6.07) is 0. The van der Waals surface area contributed by atoms with E-state index in [9.17, 15) is 5.11 Å². The van der Waals surface area contributed by atoms with Gasteiger partial charge in [-0.2, -0.15) is 0 Å². The van der Waals surface area contributed by atoms with E-state index >= 15 is 0 Å². The predicted molar refractivity (Wildman–Crippen MR) is 56.3 cm³/mol. The number of rotatable bonds is 4. The largest absolute Gasteiger partial charge is 0.387 e. The molecule has 1 heterocycles. The third-order valence-electron chi connectivity index (χ3n) is 1.82. The molecule has 1 atom stereocenters. The number of hydrogen-bond acceptors (Lipinski definition) is 4. The fraction of sp³-hybridized carbons (Fsp3) is 0.667. The number of thiazole rings is 1. The lowest BCUT2D eigenvalue weighted by atomic mass is 10.3.